The normalized spacial score (nSPS) is 13.2. The molecule has 116 valence electrons. The number of carbonyl (C=O) groups is 3. The Labute approximate surface area is 129 Å². The average molecular weight is 317 g/mol. The van der Waals surface area contributed by atoms with Crippen molar-refractivity contribution in [3.63, 3.8) is 0 Å². The summed E-state index contributed by atoms with van der Waals surface area (Å²) < 4.78 is 26.6. The van der Waals surface area contributed by atoms with Crippen molar-refractivity contribution >= 4 is 17.8 Å². The van der Waals surface area contributed by atoms with E-state index in [0.717, 1.165) is 6.07 Å². The number of hydrogen-bond donors (Lipinski definition) is 0. The van der Waals surface area contributed by atoms with E-state index in [9.17, 15) is 23.2 Å². The highest BCUT2D eigenvalue weighted by atomic mass is 19.2. The molecule has 0 saturated heterocycles. The lowest BCUT2D eigenvalue weighted by atomic mass is 10.1. The number of carbonyl (C=O) groups excluding carboxylic acids is 3. The fourth-order valence-electron chi connectivity index (χ4n) is 2.22. The maximum Gasteiger partial charge on any atom is 0.337 e. The number of halogens is 2. The second-order valence-electron chi connectivity index (χ2n) is 4.80. The molecule has 3 rings (SSSR count). The zero-order valence-corrected chi connectivity index (χ0v) is 11.6. The van der Waals surface area contributed by atoms with Gasteiger partial charge in [-0.3, -0.25) is 9.59 Å². The van der Waals surface area contributed by atoms with Crippen molar-refractivity contribution in [1.29, 1.82) is 0 Å². The van der Waals surface area contributed by atoms with Crippen molar-refractivity contribution in [2.24, 2.45) is 0 Å². The molecule has 0 bridgehead atoms. The van der Waals surface area contributed by atoms with Crippen molar-refractivity contribution in [1.82, 2.24) is 5.06 Å². The third-order valence-electron chi connectivity index (χ3n) is 3.32. The number of fused-ring (bicyclic) bond motifs is 1. The second kappa shape index (κ2) is 5.60. The Kier molecular flexibility index (Phi) is 3.61. The SMILES string of the molecule is O=C(Cc1cccc(F)c1F)ON1C(=O)c2ccccc2C1=O. The van der Waals surface area contributed by atoms with Crippen LogP contribution in [0.5, 0.6) is 0 Å². The van der Waals surface area contributed by atoms with Gasteiger partial charge in [-0.05, 0) is 18.2 Å². The van der Waals surface area contributed by atoms with Crippen LogP contribution in [0.15, 0.2) is 42.5 Å². The lowest BCUT2D eigenvalue weighted by Gasteiger charge is -2.12. The Balaban J connectivity index is 1.76. The van der Waals surface area contributed by atoms with Crippen molar-refractivity contribution < 1.29 is 28.0 Å². The second-order valence-corrected chi connectivity index (χ2v) is 4.80. The van der Waals surface area contributed by atoms with Crippen LogP contribution in [-0.4, -0.2) is 22.8 Å². The number of hydrogen-bond acceptors (Lipinski definition) is 4. The van der Waals surface area contributed by atoms with Crippen LogP contribution < -0.4 is 0 Å². The fraction of sp³-hybridized carbons (Fsp3) is 0.0625. The third kappa shape index (κ3) is 2.57. The number of amides is 2. The van der Waals surface area contributed by atoms with Gasteiger partial charge in [-0.2, -0.15) is 0 Å². The van der Waals surface area contributed by atoms with E-state index < -0.39 is 35.8 Å². The van der Waals surface area contributed by atoms with Gasteiger partial charge in [0, 0.05) is 5.56 Å². The molecule has 0 N–H and O–H groups in total. The van der Waals surface area contributed by atoms with Crippen LogP contribution in [0, 0.1) is 11.6 Å². The molecule has 1 aliphatic rings. The summed E-state index contributed by atoms with van der Waals surface area (Å²) in [6.45, 7) is 0. The van der Waals surface area contributed by atoms with E-state index in [1.54, 1.807) is 12.1 Å². The standard InChI is InChI=1S/C16H9F2NO4/c17-12-7-3-4-9(14(12)18)8-13(20)23-19-15(21)10-5-1-2-6-11(10)16(19)22/h1-7H,8H2. The molecule has 0 fully saturated rings. The largest absolute Gasteiger partial charge is 0.337 e. The first-order valence-electron chi connectivity index (χ1n) is 6.60. The molecule has 1 aliphatic heterocycles. The molecule has 0 atom stereocenters. The zero-order valence-electron chi connectivity index (χ0n) is 11.6. The molecule has 5 nitrogen and oxygen atoms in total. The highest BCUT2D eigenvalue weighted by Gasteiger charge is 2.38. The molecule has 0 aromatic heterocycles. The highest BCUT2D eigenvalue weighted by molar-refractivity contribution is 6.20. The van der Waals surface area contributed by atoms with Crippen LogP contribution in [0.3, 0.4) is 0 Å². The van der Waals surface area contributed by atoms with E-state index in [0.29, 0.717) is 5.06 Å². The summed E-state index contributed by atoms with van der Waals surface area (Å²) in [7, 11) is 0. The minimum absolute atomic E-state index is 0.113. The Morgan fingerprint density at radius 2 is 1.57 bits per heavy atom. The molecule has 0 spiro atoms. The van der Waals surface area contributed by atoms with Gasteiger partial charge in [-0.15, -0.1) is 0 Å². The quantitative estimate of drug-likeness (QED) is 0.815. The monoisotopic (exact) mass is 317 g/mol. The summed E-state index contributed by atoms with van der Waals surface area (Å²) in [6, 6.07) is 9.35. The van der Waals surface area contributed by atoms with Crippen molar-refractivity contribution in [2.75, 3.05) is 0 Å². The smallest absolute Gasteiger partial charge is 0.329 e. The minimum atomic E-state index is -1.17. The van der Waals surface area contributed by atoms with E-state index in [2.05, 4.69) is 0 Å². The molecule has 2 aromatic carbocycles. The van der Waals surface area contributed by atoms with Gasteiger partial charge in [-0.25, -0.2) is 13.6 Å². The van der Waals surface area contributed by atoms with Gasteiger partial charge < -0.3 is 4.84 Å². The maximum absolute atomic E-state index is 13.5. The van der Waals surface area contributed by atoms with Gasteiger partial charge in [0.2, 0.25) is 0 Å². The summed E-state index contributed by atoms with van der Waals surface area (Å²) in [5, 5.41) is 0.324. The lowest BCUT2D eigenvalue weighted by Crippen LogP contribution is -2.33. The zero-order chi connectivity index (χ0) is 16.6. The van der Waals surface area contributed by atoms with Crippen molar-refractivity contribution in [3.05, 3.63) is 70.8 Å². The van der Waals surface area contributed by atoms with Crippen LogP contribution in [-0.2, 0) is 16.1 Å². The first kappa shape index (κ1) is 14.8. The molecule has 2 amide bonds. The first-order chi connectivity index (χ1) is 11.0. The van der Waals surface area contributed by atoms with Gasteiger partial charge in [0.1, 0.15) is 0 Å². The van der Waals surface area contributed by atoms with Crippen molar-refractivity contribution in [3.8, 4) is 0 Å². The Morgan fingerprint density at radius 1 is 0.957 bits per heavy atom. The maximum atomic E-state index is 13.5. The molecule has 7 heteroatoms. The summed E-state index contributed by atoms with van der Waals surface area (Å²) in [5.41, 5.74) is -0.00363. The minimum Gasteiger partial charge on any atom is -0.329 e. The van der Waals surface area contributed by atoms with Crippen molar-refractivity contribution in [2.45, 2.75) is 6.42 Å². The number of imide groups is 1. The van der Waals surface area contributed by atoms with E-state index in [4.69, 9.17) is 4.84 Å². The molecule has 1 heterocycles. The number of benzene rings is 2. The predicted octanol–water partition coefficient (Wildman–Crippen LogP) is 2.26. The van der Waals surface area contributed by atoms with E-state index in [-0.39, 0.29) is 16.7 Å². The topological polar surface area (TPSA) is 63.7 Å². The average Bonchev–Trinajstić information content (AvgIpc) is 2.77. The lowest BCUT2D eigenvalue weighted by molar-refractivity contribution is -0.167. The Bertz CT molecular complexity index is 800. The molecular formula is C16H9F2NO4. The van der Waals surface area contributed by atoms with E-state index in [1.807, 2.05) is 0 Å². The summed E-state index contributed by atoms with van der Waals surface area (Å²) >= 11 is 0. The van der Waals surface area contributed by atoms with Gasteiger partial charge in [0.25, 0.3) is 11.8 Å². The fourth-order valence-corrected chi connectivity index (χ4v) is 2.22. The predicted molar refractivity (Wildman–Crippen MR) is 73.1 cm³/mol. The molecule has 23 heavy (non-hydrogen) atoms. The van der Waals surface area contributed by atoms with E-state index in [1.165, 1.54) is 24.3 Å². The molecule has 0 unspecified atom stereocenters. The summed E-state index contributed by atoms with van der Waals surface area (Å²) in [4.78, 5) is 40.6. The van der Waals surface area contributed by atoms with Crippen LogP contribution in [0.1, 0.15) is 26.3 Å². The van der Waals surface area contributed by atoms with Gasteiger partial charge in [0.15, 0.2) is 11.6 Å². The van der Waals surface area contributed by atoms with E-state index >= 15 is 0 Å². The third-order valence-corrected chi connectivity index (χ3v) is 3.32. The van der Waals surface area contributed by atoms with Gasteiger partial charge >= 0.3 is 5.97 Å². The molecule has 0 saturated carbocycles. The van der Waals surface area contributed by atoms with Crippen LogP contribution in [0.25, 0.3) is 0 Å². The first-order valence-corrected chi connectivity index (χ1v) is 6.60. The number of nitrogens with zero attached hydrogens (tertiary/aromatic N) is 1. The van der Waals surface area contributed by atoms with Gasteiger partial charge in [0.05, 0.1) is 17.5 Å². The summed E-state index contributed by atoms with van der Waals surface area (Å²) in [6.07, 6.45) is -0.614. The highest BCUT2D eigenvalue weighted by Crippen LogP contribution is 2.23. The Morgan fingerprint density at radius 3 is 2.17 bits per heavy atom. The van der Waals surface area contributed by atoms with Crippen LogP contribution in [0.2, 0.25) is 0 Å². The van der Waals surface area contributed by atoms with Crippen LogP contribution >= 0.6 is 0 Å². The van der Waals surface area contributed by atoms with Gasteiger partial charge in [-0.1, -0.05) is 29.3 Å². The summed E-state index contributed by atoms with van der Waals surface area (Å²) in [5.74, 6) is -4.89. The van der Waals surface area contributed by atoms with Crippen LogP contribution in [0.4, 0.5) is 8.78 Å². The molecule has 0 aliphatic carbocycles. The Hall–Kier alpha value is -3.09. The number of hydroxylamine groups is 2. The number of rotatable bonds is 3. The molecule has 0 radical (unpaired) electrons. The molecular weight excluding hydrogens is 308 g/mol. The molecule has 2 aromatic rings.